The maximum Gasteiger partial charge on any atom is 0.337 e. The fourth-order valence-electron chi connectivity index (χ4n) is 3.49. The number of benzene rings is 1. The average Bonchev–Trinajstić information content (AvgIpc) is 3.05. The molecule has 3 aromatic rings. The van der Waals surface area contributed by atoms with E-state index in [1.54, 1.807) is 0 Å². The molecule has 0 spiro atoms. The zero-order chi connectivity index (χ0) is 19.1. The number of hydrogen-bond donors (Lipinski definition) is 1. The number of nitrogens with two attached hydrogens (primary N) is 1. The molecular weight excluding hydrogens is 338 g/mol. The summed E-state index contributed by atoms with van der Waals surface area (Å²) in [4.78, 5) is 16.0. The van der Waals surface area contributed by atoms with Gasteiger partial charge in [-0.3, -0.25) is 4.98 Å². The molecule has 0 amide bonds. The van der Waals surface area contributed by atoms with Gasteiger partial charge in [-0.25, -0.2) is 4.79 Å². The van der Waals surface area contributed by atoms with Crippen molar-refractivity contribution in [3.8, 4) is 0 Å². The van der Waals surface area contributed by atoms with E-state index < -0.39 is 0 Å². The molecule has 0 bridgehead atoms. The Morgan fingerprint density at radius 1 is 1.19 bits per heavy atom. The Kier molecular flexibility index (Phi) is 6.60. The van der Waals surface area contributed by atoms with E-state index >= 15 is 0 Å². The fraction of sp³-hybridized carbons (Fsp3) is 0.364. The van der Waals surface area contributed by atoms with Gasteiger partial charge in [-0.05, 0) is 67.6 Å². The van der Waals surface area contributed by atoms with Crippen molar-refractivity contribution < 1.29 is 9.53 Å². The highest BCUT2D eigenvalue weighted by Crippen LogP contribution is 2.24. The first kappa shape index (κ1) is 19.1. The van der Waals surface area contributed by atoms with Crippen LogP contribution in [0.5, 0.6) is 0 Å². The Bertz CT molecular complexity index is 887. The Hall–Kier alpha value is -2.66. The lowest BCUT2D eigenvalue weighted by Gasteiger charge is -2.06. The van der Waals surface area contributed by atoms with Crippen molar-refractivity contribution in [2.45, 2.75) is 38.6 Å². The van der Waals surface area contributed by atoms with E-state index in [1.165, 1.54) is 24.7 Å². The van der Waals surface area contributed by atoms with Crippen LogP contribution in [0.3, 0.4) is 0 Å². The van der Waals surface area contributed by atoms with Crippen LogP contribution in [0, 0.1) is 0 Å². The summed E-state index contributed by atoms with van der Waals surface area (Å²) in [6.45, 7) is 1.55. The zero-order valence-corrected chi connectivity index (χ0v) is 15.9. The second-order valence-corrected chi connectivity index (χ2v) is 6.78. The normalized spacial score (nSPS) is 11.0. The molecule has 5 heteroatoms. The quantitative estimate of drug-likeness (QED) is 0.463. The standard InChI is InChI=1S/C22H27N3O2/c1-27-22(26)18-8-9-21-20(14-18)19(10-11-23)16-25(21)13-4-2-3-6-17-7-5-12-24-15-17/h5,7-9,12,14-16H,2-4,6,10-11,13,23H2,1H3. The van der Waals surface area contributed by atoms with Crippen LogP contribution in [-0.2, 0) is 24.1 Å². The molecule has 0 fully saturated rings. The predicted octanol–water partition coefficient (Wildman–Crippen LogP) is 3.74. The van der Waals surface area contributed by atoms with Gasteiger partial charge in [0.05, 0.1) is 12.7 Å². The van der Waals surface area contributed by atoms with Crippen molar-refractivity contribution in [2.75, 3.05) is 13.7 Å². The van der Waals surface area contributed by atoms with Gasteiger partial charge in [0.15, 0.2) is 0 Å². The van der Waals surface area contributed by atoms with E-state index in [9.17, 15) is 4.79 Å². The van der Waals surface area contributed by atoms with Crippen LogP contribution in [-0.4, -0.2) is 29.2 Å². The predicted molar refractivity (Wildman–Crippen MR) is 108 cm³/mol. The first-order valence-electron chi connectivity index (χ1n) is 9.52. The minimum atomic E-state index is -0.307. The largest absolute Gasteiger partial charge is 0.465 e. The number of aryl methyl sites for hydroxylation is 2. The molecule has 2 heterocycles. The molecule has 0 atom stereocenters. The van der Waals surface area contributed by atoms with Crippen LogP contribution in [0.4, 0.5) is 0 Å². The van der Waals surface area contributed by atoms with Gasteiger partial charge in [0.25, 0.3) is 0 Å². The number of nitrogens with zero attached hydrogens (tertiary/aromatic N) is 2. The molecule has 2 aromatic heterocycles. The van der Waals surface area contributed by atoms with Crippen molar-refractivity contribution in [2.24, 2.45) is 5.73 Å². The summed E-state index contributed by atoms with van der Waals surface area (Å²) >= 11 is 0. The summed E-state index contributed by atoms with van der Waals surface area (Å²) in [5, 5.41) is 1.10. The Labute approximate surface area is 160 Å². The number of methoxy groups -OCH3 is 1. The second kappa shape index (κ2) is 9.33. The molecule has 1 aromatic carbocycles. The van der Waals surface area contributed by atoms with Gasteiger partial charge in [0.1, 0.15) is 0 Å². The molecule has 5 nitrogen and oxygen atoms in total. The van der Waals surface area contributed by atoms with Gasteiger partial charge >= 0.3 is 5.97 Å². The van der Waals surface area contributed by atoms with Gasteiger partial charge in [0, 0.05) is 36.0 Å². The minimum absolute atomic E-state index is 0.307. The smallest absolute Gasteiger partial charge is 0.337 e. The van der Waals surface area contributed by atoms with E-state index in [0.29, 0.717) is 12.1 Å². The lowest BCUT2D eigenvalue weighted by atomic mass is 10.1. The first-order valence-corrected chi connectivity index (χ1v) is 9.52. The monoisotopic (exact) mass is 365 g/mol. The van der Waals surface area contributed by atoms with Gasteiger partial charge in [-0.15, -0.1) is 0 Å². The number of ether oxygens (including phenoxy) is 1. The summed E-state index contributed by atoms with van der Waals surface area (Å²) in [5.74, 6) is -0.307. The third-order valence-corrected chi connectivity index (χ3v) is 4.89. The minimum Gasteiger partial charge on any atom is -0.465 e. The molecule has 0 saturated heterocycles. The van der Waals surface area contributed by atoms with E-state index in [0.717, 1.165) is 43.1 Å². The second-order valence-electron chi connectivity index (χ2n) is 6.78. The molecule has 0 aliphatic carbocycles. The van der Waals surface area contributed by atoms with Crippen molar-refractivity contribution in [3.63, 3.8) is 0 Å². The maximum absolute atomic E-state index is 11.8. The number of rotatable bonds is 9. The van der Waals surface area contributed by atoms with Crippen molar-refractivity contribution in [1.82, 2.24) is 9.55 Å². The lowest BCUT2D eigenvalue weighted by Crippen LogP contribution is -2.03. The molecule has 0 aliphatic heterocycles. The number of fused-ring (bicyclic) bond motifs is 1. The number of aromatic nitrogens is 2. The summed E-state index contributed by atoms with van der Waals surface area (Å²) in [6.07, 6.45) is 11.2. The molecule has 27 heavy (non-hydrogen) atoms. The molecular formula is C22H27N3O2. The highest BCUT2D eigenvalue weighted by Gasteiger charge is 2.12. The highest BCUT2D eigenvalue weighted by atomic mass is 16.5. The third-order valence-electron chi connectivity index (χ3n) is 4.89. The van der Waals surface area contributed by atoms with Crippen LogP contribution in [0.25, 0.3) is 10.9 Å². The van der Waals surface area contributed by atoms with E-state index in [2.05, 4.69) is 21.8 Å². The average molecular weight is 365 g/mol. The zero-order valence-electron chi connectivity index (χ0n) is 15.9. The molecule has 0 radical (unpaired) electrons. The number of esters is 1. The van der Waals surface area contributed by atoms with Gasteiger partial charge < -0.3 is 15.0 Å². The Morgan fingerprint density at radius 2 is 2.07 bits per heavy atom. The number of hydrogen-bond acceptors (Lipinski definition) is 4. The molecule has 0 unspecified atom stereocenters. The van der Waals surface area contributed by atoms with E-state index in [4.69, 9.17) is 10.5 Å². The summed E-state index contributed by atoms with van der Waals surface area (Å²) in [7, 11) is 1.41. The molecule has 2 N–H and O–H groups in total. The molecule has 142 valence electrons. The van der Waals surface area contributed by atoms with Gasteiger partial charge in [-0.2, -0.15) is 0 Å². The number of unbranched alkanes of at least 4 members (excludes halogenated alkanes) is 2. The molecule has 0 saturated carbocycles. The summed E-state index contributed by atoms with van der Waals surface area (Å²) < 4.78 is 7.13. The van der Waals surface area contributed by atoms with Crippen molar-refractivity contribution in [3.05, 3.63) is 65.6 Å². The van der Waals surface area contributed by atoms with Crippen LogP contribution < -0.4 is 5.73 Å². The Balaban J connectivity index is 1.65. The maximum atomic E-state index is 11.8. The SMILES string of the molecule is COC(=O)c1ccc2c(c1)c(CCN)cn2CCCCCc1cccnc1. The topological polar surface area (TPSA) is 70.1 Å². The molecule has 0 aliphatic rings. The van der Waals surface area contributed by atoms with Crippen molar-refractivity contribution in [1.29, 1.82) is 0 Å². The molecule has 3 rings (SSSR count). The van der Waals surface area contributed by atoms with Crippen LogP contribution in [0.1, 0.15) is 40.7 Å². The van der Waals surface area contributed by atoms with Gasteiger partial charge in [-0.1, -0.05) is 12.5 Å². The van der Waals surface area contributed by atoms with Crippen molar-refractivity contribution >= 4 is 16.9 Å². The van der Waals surface area contributed by atoms with E-state index in [1.807, 2.05) is 36.7 Å². The van der Waals surface area contributed by atoms with E-state index in [-0.39, 0.29) is 5.97 Å². The lowest BCUT2D eigenvalue weighted by molar-refractivity contribution is 0.0601. The van der Waals surface area contributed by atoms with Gasteiger partial charge in [0.2, 0.25) is 0 Å². The third kappa shape index (κ3) is 4.74. The summed E-state index contributed by atoms with van der Waals surface area (Å²) in [5.41, 5.74) is 9.99. The van der Waals surface area contributed by atoms with Crippen LogP contribution in [0.2, 0.25) is 0 Å². The van der Waals surface area contributed by atoms with Crippen LogP contribution >= 0.6 is 0 Å². The fourth-order valence-corrected chi connectivity index (χ4v) is 3.49. The van der Waals surface area contributed by atoms with Crippen LogP contribution in [0.15, 0.2) is 48.9 Å². The number of carbonyl (C=O) groups is 1. The number of carbonyl (C=O) groups excluding carboxylic acids is 1. The Morgan fingerprint density at radius 3 is 2.81 bits per heavy atom. The summed E-state index contributed by atoms with van der Waals surface area (Å²) in [6, 6.07) is 9.88. The first-order chi connectivity index (χ1) is 13.2. The number of pyridine rings is 1. The highest BCUT2D eigenvalue weighted by molar-refractivity contribution is 5.95.